The van der Waals surface area contributed by atoms with E-state index < -0.39 is 12.0 Å². The molecule has 0 saturated carbocycles. The van der Waals surface area contributed by atoms with E-state index in [0.717, 1.165) is 26.6 Å². The van der Waals surface area contributed by atoms with E-state index in [4.69, 9.17) is 9.57 Å². The van der Waals surface area contributed by atoms with Gasteiger partial charge in [0.15, 0.2) is 0 Å². The molecule has 0 unspecified atom stereocenters. The van der Waals surface area contributed by atoms with Crippen LogP contribution in [0, 0.1) is 0 Å². The second-order valence-electron chi connectivity index (χ2n) is 8.33. The molecular weight excluding hydrogens is 562 g/mol. The van der Waals surface area contributed by atoms with E-state index in [2.05, 4.69) is 42.0 Å². The van der Waals surface area contributed by atoms with Gasteiger partial charge in [-0.3, -0.25) is 10.1 Å². The zero-order valence-corrected chi connectivity index (χ0v) is 22.0. The number of ether oxygens (including phenoxy) is 1. The van der Waals surface area contributed by atoms with Crippen molar-refractivity contribution in [2.45, 2.75) is 6.61 Å². The molecule has 0 aliphatic carbocycles. The lowest BCUT2D eigenvalue weighted by Gasteiger charge is -2.11. The van der Waals surface area contributed by atoms with E-state index in [-0.39, 0.29) is 6.61 Å². The summed E-state index contributed by atoms with van der Waals surface area (Å²) in [5, 5.41) is 6.66. The highest BCUT2D eigenvalue weighted by Gasteiger charge is 2.10. The second kappa shape index (κ2) is 12.1. The fraction of sp³-hybridized carbons (Fsp3) is 0.0345. The lowest BCUT2D eigenvalue weighted by atomic mass is 10.1. The topological polar surface area (TPSA) is 114 Å². The predicted octanol–water partition coefficient (Wildman–Crippen LogP) is 6.61. The molecule has 0 aliphatic heterocycles. The maximum absolute atomic E-state index is 12.3. The molecule has 1 aromatic heterocycles. The molecule has 5 rings (SSSR count). The number of hydrogen-bond acceptors (Lipinski definition) is 7. The summed E-state index contributed by atoms with van der Waals surface area (Å²) >= 11 is 3.48. The zero-order chi connectivity index (χ0) is 27.0. The molecule has 0 atom stereocenters. The Morgan fingerprint density at radius 1 is 0.821 bits per heavy atom. The number of hydroxylamine groups is 1. The van der Waals surface area contributed by atoms with Gasteiger partial charge in [0.2, 0.25) is 0 Å². The summed E-state index contributed by atoms with van der Waals surface area (Å²) in [7, 11) is 0. The van der Waals surface area contributed by atoms with Gasteiger partial charge in [-0.25, -0.2) is 14.8 Å². The van der Waals surface area contributed by atoms with Crippen LogP contribution in [-0.2, 0) is 11.4 Å². The number of hydrogen-bond donors (Lipinski definition) is 3. The molecule has 10 heteroatoms. The van der Waals surface area contributed by atoms with Crippen molar-refractivity contribution in [2.75, 3.05) is 10.6 Å². The minimum absolute atomic E-state index is 0.283. The second-order valence-corrected chi connectivity index (χ2v) is 9.25. The average molecular weight is 584 g/mol. The molecule has 0 bridgehead atoms. The largest absolute Gasteiger partial charge is 0.489 e. The van der Waals surface area contributed by atoms with Crippen LogP contribution in [0.2, 0.25) is 0 Å². The lowest BCUT2D eigenvalue weighted by molar-refractivity contribution is 0.0615. The SMILES string of the molecule is O=C(Nc1ccccc1)ONC(=O)c1ccc(COc2ccc3ncnc(Nc4cccc(Br)c4)c3c2)cc1. The Balaban J connectivity index is 1.18. The minimum atomic E-state index is -0.796. The van der Waals surface area contributed by atoms with E-state index in [1.54, 1.807) is 48.5 Å². The fourth-order valence-electron chi connectivity index (χ4n) is 3.66. The molecule has 39 heavy (non-hydrogen) atoms. The summed E-state index contributed by atoms with van der Waals surface area (Å²) in [5.74, 6) is 0.763. The van der Waals surface area contributed by atoms with Crippen molar-refractivity contribution in [1.82, 2.24) is 15.4 Å². The summed E-state index contributed by atoms with van der Waals surface area (Å²) in [4.78, 5) is 37.7. The van der Waals surface area contributed by atoms with Gasteiger partial charge in [-0.2, -0.15) is 5.48 Å². The Morgan fingerprint density at radius 2 is 1.62 bits per heavy atom. The van der Waals surface area contributed by atoms with Crippen molar-refractivity contribution in [3.8, 4) is 5.75 Å². The third-order valence-electron chi connectivity index (χ3n) is 5.57. The van der Waals surface area contributed by atoms with E-state index >= 15 is 0 Å². The van der Waals surface area contributed by atoms with Crippen LogP contribution in [0.5, 0.6) is 5.75 Å². The number of nitrogens with one attached hydrogen (secondary N) is 3. The van der Waals surface area contributed by atoms with Crippen molar-refractivity contribution in [2.24, 2.45) is 0 Å². The van der Waals surface area contributed by atoms with Crippen molar-refractivity contribution < 1.29 is 19.2 Å². The molecule has 2 amide bonds. The van der Waals surface area contributed by atoms with Gasteiger partial charge in [0.05, 0.1) is 5.52 Å². The van der Waals surface area contributed by atoms with Gasteiger partial charge in [0, 0.05) is 26.8 Å². The summed E-state index contributed by atoms with van der Waals surface area (Å²) in [6, 6.07) is 29.0. The van der Waals surface area contributed by atoms with Crippen LogP contribution >= 0.6 is 15.9 Å². The fourth-order valence-corrected chi connectivity index (χ4v) is 4.06. The van der Waals surface area contributed by atoms with Crippen LogP contribution in [0.1, 0.15) is 15.9 Å². The third-order valence-corrected chi connectivity index (χ3v) is 6.07. The van der Waals surface area contributed by atoms with Crippen molar-refractivity contribution >= 4 is 56.0 Å². The number of carbonyl (C=O) groups excluding carboxylic acids is 2. The maximum Gasteiger partial charge on any atom is 0.436 e. The number of carbonyl (C=O) groups is 2. The van der Waals surface area contributed by atoms with Gasteiger partial charge in [-0.15, -0.1) is 0 Å². The lowest BCUT2D eigenvalue weighted by Crippen LogP contribution is -2.29. The molecule has 0 radical (unpaired) electrons. The Bertz CT molecular complexity index is 1610. The number of nitrogens with zero attached hydrogens (tertiary/aromatic N) is 2. The highest BCUT2D eigenvalue weighted by atomic mass is 79.9. The average Bonchev–Trinajstić information content (AvgIpc) is 2.96. The highest BCUT2D eigenvalue weighted by molar-refractivity contribution is 9.10. The minimum Gasteiger partial charge on any atom is -0.489 e. The van der Waals surface area contributed by atoms with Crippen molar-refractivity contribution in [1.29, 1.82) is 0 Å². The number of fused-ring (bicyclic) bond motifs is 1. The predicted molar refractivity (Wildman–Crippen MR) is 152 cm³/mol. The van der Waals surface area contributed by atoms with E-state index in [1.807, 2.05) is 48.5 Å². The number of amides is 2. The molecule has 0 aliphatic rings. The molecule has 3 N–H and O–H groups in total. The van der Waals surface area contributed by atoms with Crippen molar-refractivity contribution in [3.05, 3.63) is 119 Å². The molecule has 0 fully saturated rings. The standard InChI is InChI=1S/C29H22BrN5O4/c30-21-5-4-8-23(15-21)33-27-25-16-24(13-14-26(25)31-18-32-27)38-17-19-9-11-20(12-10-19)28(36)35-39-29(37)34-22-6-2-1-3-7-22/h1-16,18H,17H2,(H,34,37)(H,35,36)(H,31,32,33). The van der Waals surface area contributed by atoms with Gasteiger partial charge >= 0.3 is 6.09 Å². The number of para-hydroxylation sites is 1. The van der Waals surface area contributed by atoms with Crippen LogP contribution in [0.25, 0.3) is 10.9 Å². The maximum atomic E-state index is 12.3. The summed E-state index contributed by atoms with van der Waals surface area (Å²) in [5.41, 5.74) is 5.55. The Labute approximate surface area is 232 Å². The number of aromatic nitrogens is 2. The smallest absolute Gasteiger partial charge is 0.436 e. The first-order valence-electron chi connectivity index (χ1n) is 11.9. The number of benzene rings is 4. The third kappa shape index (κ3) is 6.88. The monoisotopic (exact) mass is 583 g/mol. The van der Waals surface area contributed by atoms with Gasteiger partial charge in [-0.05, 0) is 66.2 Å². The first-order valence-corrected chi connectivity index (χ1v) is 12.6. The van der Waals surface area contributed by atoms with Crippen LogP contribution in [0.4, 0.5) is 22.0 Å². The molecule has 1 heterocycles. The Kier molecular flexibility index (Phi) is 7.94. The summed E-state index contributed by atoms with van der Waals surface area (Å²) < 4.78 is 6.95. The molecule has 5 aromatic rings. The Morgan fingerprint density at radius 3 is 2.41 bits per heavy atom. The van der Waals surface area contributed by atoms with Gasteiger partial charge in [0.1, 0.15) is 24.5 Å². The number of rotatable bonds is 7. The molecular formula is C29H22BrN5O4. The normalized spacial score (nSPS) is 10.5. The molecule has 4 aromatic carbocycles. The van der Waals surface area contributed by atoms with Crippen LogP contribution < -0.4 is 20.9 Å². The molecule has 0 spiro atoms. The van der Waals surface area contributed by atoms with Crippen LogP contribution in [0.15, 0.2) is 108 Å². The van der Waals surface area contributed by atoms with Gasteiger partial charge < -0.3 is 14.9 Å². The number of halogens is 1. The van der Waals surface area contributed by atoms with Crippen LogP contribution in [-0.4, -0.2) is 22.0 Å². The number of anilines is 3. The van der Waals surface area contributed by atoms with E-state index in [9.17, 15) is 9.59 Å². The Hall–Kier alpha value is -4.96. The van der Waals surface area contributed by atoms with Crippen molar-refractivity contribution in [3.63, 3.8) is 0 Å². The van der Waals surface area contributed by atoms with E-state index in [0.29, 0.717) is 22.8 Å². The zero-order valence-electron chi connectivity index (χ0n) is 20.4. The molecule has 9 nitrogen and oxygen atoms in total. The van der Waals surface area contributed by atoms with Gasteiger partial charge in [0.25, 0.3) is 5.91 Å². The first-order chi connectivity index (χ1) is 19.0. The summed E-state index contributed by atoms with van der Waals surface area (Å²) in [6.45, 7) is 0.283. The van der Waals surface area contributed by atoms with E-state index in [1.165, 1.54) is 6.33 Å². The summed E-state index contributed by atoms with van der Waals surface area (Å²) in [6.07, 6.45) is 0.720. The first kappa shape index (κ1) is 25.7. The quantitative estimate of drug-likeness (QED) is 0.185. The van der Waals surface area contributed by atoms with Gasteiger partial charge in [-0.1, -0.05) is 52.3 Å². The molecule has 0 saturated heterocycles. The molecule has 194 valence electrons. The van der Waals surface area contributed by atoms with Crippen LogP contribution in [0.3, 0.4) is 0 Å². The highest BCUT2D eigenvalue weighted by Crippen LogP contribution is 2.28.